The molecule has 1 fully saturated rings. The number of carbonyl (C=O) groups is 1. The molecule has 1 aromatic carbocycles. The topological polar surface area (TPSA) is 59.0 Å². The highest BCUT2D eigenvalue weighted by molar-refractivity contribution is 5.66. The Balaban J connectivity index is 1.63. The van der Waals surface area contributed by atoms with Crippen molar-refractivity contribution >= 4 is 11.7 Å². The lowest BCUT2D eigenvalue weighted by molar-refractivity contribution is -0.137. The standard InChI is InChI=1S/C14H17NO4/c16-14(17)4-1-10-5-6-15(8-10)11-2-3-12-13(7-11)19-9-18-12/h2-3,7,10H,1,4-6,8-9H2,(H,16,17). The van der Waals surface area contributed by atoms with E-state index in [2.05, 4.69) is 4.90 Å². The zero-order valence-electron chi connectivity index (χ0n) is 10.7. The third-order valence-corrected chi connectivity index (χ3v) is 3.77. The molecule has 2 aliphatic rings. The van der Waals surface area contributed by atoms with Gasteiger partial charge in [-0.2, -0.15) is 0 Å². The summed E-state index contributed by atoms with van der Waals surface area (Å²) in [6, 6.07) is 5.97. The fourth-order valence-electron chi connectivity index (χ4n) is 2.71. The van der Waals surface area contributed by atoms with Crippen molar-refractivity contribution in [2.45, 2.75) is 19.3 Å². The zero-order chi connectivity index (χ0) is 13.2. The van der Waals surface area contributed by atoms with Gasteiger partial charge in [-0.25, -0.2) is 0 Å². The first-order valence-electron chi connectivity index (χ1n) is 6.59. The fraction of sp³-hybridized carbons (Fsp3) is 0.500. The summed E-state index contributed by atoms with van der Waals surface area (Å²) < 4.78 is 10.7. The van der Waals surface area contributed by atoms with E-state index in [4.69, 9.17) is 14.6 Å². The van der Waals surface area contributed by atoms with Gasteiger partial charge >= 0.3 is 5.97 Å². The lowest BCUT2D eigenvalue weighted by Gasteiger charge is -2.19. The number of carboxylic acids is 1. The average Bonchev–Trinajstić information content (AvgIpc) is 3.04. The molecule has 1 aromatic rings. The van der Waals surface area contributed by atoms with Gasteiger partial charge in [-0.1, -0.05) is 0 Å². The molecule has 0 amide bonds. The predicted molar refractivity (Wildman–Crippen MR) is 69.8 cm³/mol. The Morgan fingerprint density at radius 3 is 3.05 bits per heavy atom. The van der Waals surface area contributed by atoms with Crippen LogP contribution in [0.2, 0.25) is 0 Å². The lowest BCUT2D eigenvalue weighted by Crippen LogP contribution is -2.19. The molecule has 3 rings (SSSR count). The predicted octanol–water partition coefficient (Wildman–Crippen LogP) is 2.11. The van der Waals surface area contributed by atoms with E-state index in [1.165, 1.54) is 0 Å². The molecular weight excluding hydrogens is 246 g/mol. The SMILES string of the molecule is O=C(O)CCC1CCN(c2ccc3c(c2)OCO3)C1. The first-order valence-corrected chi connectivity index (χ1v) is 6.59. The number of nitrogens with zero attached hydrogens (tertiary/aromatic N) is 1. The van der Waals surface area contributed by atoms with Crippen LogP contribution >= 0.6 is 0 Å². The van der Waals surface area contributed by atoms with E-state index in [0.717, 1.165) is 43.1 Å². The van der Waals surface area contributed by atoms with E-state index in [0.29, 0.717) is 12.7 Å². The number of benzene rings is 1. The van der Waals surface area contributed by atoms with E-state index in [9.17, 15) is 4.79 Å². The third kappa shape index (κ3) is 2.59. The number of rotatable bonds is 4. The van der Waals surface area contributed by atoms with Crippen molar-refractivity contribution in [3.05, 3.63) is 18.2 Å². The third-order valence-electron chi connectivity index (χ3n) is 3.77. The van der Waals surface area contributed by atoms with Crippen LogP contribution in [0.5, 0.6) is 11.5 Å². The molecule has 102 valence electrons. The zero-order valence-corrected chi connectivity index (χ0v) is 10.7. The molecule has 0 aromatic heterocycles. The highest BCUT2D eigenvalue weighted by atomic mass is 16.7. The van der Waals surface area contributed by atoms with E-state index >= 15 is 0 Å². The largest absolute Gasteiger partial charge is 0.481 e. The number of hydrogen-bond acceptors (Lipinski definition) is 4. The normalized spacial score (nSPS) is 20.8. The second-order valence-corrected chi connectivity index (χ2v) is 5.07. The molecule has 0 bridgehead atoms. The van der Waals surface area contributed by atoms with Gasteiger partial charge in [-0.05, 0) is 30.9 Å². The molecule has 2 aliphatic heterocycles. The summed E-state index contributed by atoms with van der Waals surface area (Å²) in [5.74, 6) is 1.36. The average molecular weight is 263 g/mol. The van der Waals surface area contributed by atoms with E-state index in [1.54, 1.807) is 0 Å². The molecule has 0 radical (unpaired) electrons. The van der Waals surface area contributed by atoms with Gasteiger partial charge in [0.1, 0.15) is 0 Å². The van der Waals surface area contributed by atoms with Gasteiger partial charge in [0.25, 0.3) is 0 Å². The Bertz CT molecular complexity index is 488. The van der Waals surface area contributed by atoms with Crippen LogP contribution in [0.1, 0.15) is 19.3 Å². The Morgan fingerprint density at radius 2 is 2.21 bits per heavy atom. The van der Waals surface area contributed by atoms with Gasteiger partial charge in [-0.15, -0.1) is 0 Å². The molecule has 1 unspecified atom stereocenters. The Morgan fingerprint density at radius 1 is 1.37 bits per heavy atom. The molecule has 5 heteroatoms. The van der Waals surface area contributed by atoms with Crippen molar-refractivity contribution in [1.29, 1.82) is 0 Å². The number of carboxylic acid groups (broad SMARTS) is 1. The Labute approximate surface area is 111 Å². The van der Waals surface area contributed by atoms with Gasteiger partial charge in [-0.3, -0.25) is 4.79 Å². The molecule has 5 nitrogen and oxygen atoms in total. The Hall–Kier alpha value is -1.91. The minimum Gasteiger partial charge on any atom is -0.481 e. The number of fused-ring (bicyclic) bond motifs is 1. The Kier molecular flexibility index (Phi) is 3.19. The van der Waals surface area contributed by atoms with Crippen LogP contribution in [0.4, 0.5) is 5.69 Å². The molecule has 0 spiro atoms. The summed E-state index contributed by atoms with van der Waals surface area (Å²) in [6.07, 6.45) is 2.08. The fourth-order valence-corrected chi connectivity index (χ4v) is 2.71. The van der Waals surface area contributed by atoms with Crippen molar-refractivity contribution < 1.29 is 19.4 Å². The van der Waals surface area contributed by atoms with Crippen LogP contribution in [0.3, 0.4) is 0 Å². The van der Waals surface area contributed by atoms with Crippen LogP contribution in [-0.2, 0) is 4.79 Å². The monoisotopic (exact) mass is 263 g/mol. The van der Waals surface area contributed by atoms with Gasteiger partial charge in [0, 0.05) is 31.3 Å². The minimum atomic E-state index is -0.707. The summed E-state index contributed by atoms with van der Waals surface area (Å²) in [4.78, 5) is 12.9. The molecule has 2 heterocycles. The van der Waals surface area contributed by atoms with Gasteiger partial charge in [0.15, 0.2) is 11.5 Å². The van der Waals surface area contributed by atoms with E-state index in [-0.39, 0.29) is 6.42 Å². The maximum Gasteiger partial charge on any atom is 0.303 e. The molecule has 1 N–H and O–H groups in total. The molecule has 0 saturated carbocycles. The highest BCUT2D eigenvalue weighted by Gasteiger charge is 2.24. The van der Waals surface area contributed by atoms with Crippen LogP contribution in [-0.4, -0.2) is 31.0 Å². The first kappa shape index (κ1) is 12.1. The summed E-state index contributed by atoms with van der Waals surface area (Å²) in [6.45, 7) is 2.19. The van der Waals surface area contributed by atoms with Gasteiger partial charge < -0.3 is 19.5 Å². The maximum absolute atomic E-state index is 10.6. The van der Waals surface area contributed by atoms with E-state index < -0.39 is 5.97 Å². The van der Waals surface area contributed by atoms with Crippen LogP contribution in [0.25, 0.3) is 0 Å². The number of hydrogen-bond donors (Lipinski definition) is 1. The minimum absolute atomic E-state index is 0.264. The van der Waals surface area contributed by atoms with Crippen molar-refractivity contribution in [1.82, 2.24) is 0 Å². The maximum atomic E-state index is 10.6. The summed E-state index contributed by atoms with van der Waals surface area (Å²) in [5, 5.41) is 8.72. The smallest absolute Gasteiger partial charge is 0.303 e. The summed E-state index contributed by atoms with van der Waals surface area (Å²) >= 11 is 0. The number of anilines is 1. The van der Waals surface area contributed by atoms with Crippen LogP contribution in [0, 0.1) is 5.92 Å². The molecule has 1 saturated heterocycles. The molecule has 1 atom stereocenters. The number of aliphatic carboxylic acids is 1. The molecule has 0 aliphatic carbocycles. The van der Waals surface area contributed by atoms with Gasteiger partial charge in [0.2, 0.25) is 6.79 Å². The van der Waals surface area contributed by atoms with Crippen LogP contribution in [0.15, 0.2) is 18.2 Å². The lowest BCUT2D eigenvalue weighted by atomic mass is 10.0. The van der Waals surface area contributed by atoms with Crippen molar-refractivity contribution in [2.24, 2.45) is 5.92 Å². The number of ether oxygens (including phenoxy) is 2. The highest BCUT2D eigenvalue weighted by Crippen LogP contribution is 2.37. The van der Waals surface area contributed by atoms with Crippen molar-refractivity contribution in [3.63, 3.8) is 0 Å². The second kappa shape index (κ2) is 4.99. The van der Waals surface area contributed by atoms with Crippen LogP contribution < -0.4 is 14.4 Å². The molecule has 19 heavy (non-hydrogen) atoms. The van der Waals surface area contributed by atoms with Crippen molar-refractivity contribution in [3.8, 4) is 11.5 Å². The summed E-state index contributed by atoms with van der Waals surface area (Å²) in [7, 11) is 0. The van der Waals surface area contributed by atoms with Crippen molar-refractivity contribution in [2.75, 3.05) is 24.8 Å². The van der Waals surface area contributed by atoms with E-state index in [1.807, 2.05) is 18.2 Å². The summed E-state index contributed by atoms with van der Waals surface area (Å²) in [5.41, 5.74) is 1.13. The quantitative estimate of drug-likeness (QED) is 0.901. The first-order chi connectivity index (χ1) is 9.22. The molecular formula is C14H17NO4. The van der Waals surface area contributed by atoms with Gasteiger partial charge in [0.05, 0.1) is 0 Å². The second-order valence-electron chi connectivity index (χ2n) is 5.07.